The Morgan fingerprint density at radius 1 is 1.25 bits per heavy atom. The van der Waals surface area contributed by atoms with Gasteiger partial charge in [0.2, 0.25) is 0 Å². The summed E-state index contributed by atoms with van der Waals surface area (Å²) in [6.07, 6.45) is 0.590. The lowest BCUT2D eigenvalue weighted by Gasteiger charge is -2.24. The molecule has 3 rings (SSSR count). The summed E-state index contributed by atoms with van der Waals surface area (Å²) in [6, 6.07) is 4.45. The molecule has 0 saturated carbocycles. The van der Waals surface area contributed by atoms with E-state index >= 15 is 0 Å². The first-order valence-corrected chi connectivity index (χ1v) is 8.00. The Bertz CT molecular complexity index is 590. The third-order valence-electron chi connectivity index (χ3n) is 3.64. The summed E-state index contributed by atoms with van der Waals surface area (Å²) in [5, 5.41) is 0.803. The molecule has 2 aliphatic rings. The first-order valence-electron chi connectivity index (χ1n) is 6.26. The molecule has 0 aromatic heterocycles. The van der Waals surface area contributed by atoms with E-state index in [1.807, 2.05) is 6.92 Å². The van der Waals surface area contributed by atoms with Gasteiger partial charge in [0.25, 0.3) is 5.91 Å². The second-order valence-electron chi connectivity index (χ2n) is 4.69. The van der Waals surface area contributed by atoms with Gasteiger partial charge in [-0.05, 0) is 24.6 Å². The van der Waals surface area contributed by atoms with Crippen LogP contribution in [0.1, 0.15) is 13.3 Å². The molecule has 0 N–H and O–H groups in total. The van der Waals surface area contributed by atoms with Crippen LogP contribution in [0.5, 0.6) is 0 Å². The minimum atomic E-state index is -0.758. The van der Waals surface area contributed by atoms with Crippen LogP contribution in [-0.2, 0) is 4.79 Å². The molecule has 1 unspecified atom stereocenters. The van der Waals surface area contributed by atoms with Crippen LogP contribution in [0.2, 0.25) is 10.0 Å². The van der Waals surface area contributed by atoms with Crippen LogP contribution >= 0.6 is 35.0 Å². The number of fused-ring (bicyclic) bond motifs is 1. The van der Waals surface area contributed by atoms with Crippen LogP contribution in [0, 0.1) is 0 Å². The second kappa shape index (κ2) is 4.83. The summed E-state index contributed by atoms with van der Waals surface area (Å²) in [6.45, 7) is 2.51. The number of nitrogens with zero attached hydrogens (tertiary/aromatic N) is 2. The Hall–Kier alpha value is -0.910. The number of carbonyl (C=O) groups excluding carboxylic acids is 2. The molecule has 0 spiro atoms. The number of benzene rings is 1. The van der Waals surface area contributed by atoms with Gasteiger partial charge in [0.05, 0.1) is 5.69 Å². The molecule has 2 saturated heterocycles. The number of thioether (sulfide) groups is 1. The Kier molecular flexibility index (Phi) is 3.39. The molecular weight excluding hydrogens is 319 g/mol. The molecule has 2 heterocycles. The Labute approximate surface area is 131 Å². The summed E-state index contributed by atoms with van der Waals surface area (Å²) in [5.41, 5.74) is 0.431. The van der Waals surface area contributed by atoms with Crippen molar-refractivity contribution < 1.29 is 9.59 Å². The van der Waals surface area contributed by atoms with Crippen molar-refractivity contribution in [1.29, 1.82) is 0 Å². The number of carbonyl (C=O) groups is 2. The molecule has 0 radical (unpaired) electrons. The highest BCUT2D eigenvalue weighted by Crippen LogP contribution is 2.46. The van der Waals surface area contributed by atoms with Crippen LogP contribution in [0.25, 0.3) is 0 Å². The first-order chi connectivity index (χ1) is 9.49. The molecule has 0 bridgehead atoms. The number of urea groups is 1. The van der Waals surface area contributed by atoms with Crippen LogP contribution in [-0.4, -0.2) is 34.0 Å². The molecule has 3 amide bonds. The SMILES string of the molecule is CCC12SCCN1C(=O)N(c1cc(Cl)cc(Cl)c1)C2=O. The van der Waals surface area contributed by atoms with Gasteiger partial charge in [-0.2, -0.15) is 0 Å². The summed E-state index contributed by atoms with van der Waals surface area (Å²) >= 11 is 13.4. The molecule has 0 aliphatic carbocycles. The van der Waals surface area contributed by atoms with E-state index in [2.05, 4.69) is 0 Å². The lowest BCUT2D eigenvalue weighted by atomic mass is 10.2. The molecule has 2 aliphatic heterocycles. The molecule has 4 nitrogen and oxygen atoms in total. The third-order valence-corrected chi connectivity index (χ3v) is 5.62. The number of hydrogen-bond acceptors (Lipinski definition) is 3. The fourth-order valence-corrected chi connectivity index (χ4v) is 4.58. The van der Waals surface area contributed by atoms with Crippen LogP contribution in [0.15, 0.2) is 18.2 Å². The number of anilines is 1. The molecule has 20 heavy (non-hydrogen) atoms. The Balaban J connectivity index is 2.07. The molecule has 2 fully saturated rings. The standard InChI is InChI=1S/C13H12Cl2N2O2S/c1-2-13-11(18)17(12(19)16(13)3-4-20-13)10-6-8(14)5-9(15)7-10/h5-7H,2-4H2,1H3. The highest BCUT2D eigenvalue weighted by molar-refractivity contribution is 8.01. The van der Waals surface area contributed by atoms with Crippen LogP contribution in [0.3, 0.4) is 0 Å². The monoisotopic (exact) mass is 330 g/mol. The number of hydrogen-bond donors (Lipinski definition) is 0. The van der Waals surface area contributed by atoms with Crippen molar-refractivity contribution >= 4 is 52.6 Å². The van der Waals surface area contributed by atoms with E-state index in [0.29, 0.717) is 28.7 Å². The van der Waals surface area contributed by atoms with E-state index in [4.69, 9.17) is 23.2 Å². The summed E-state index contributed by atoms with van der Waals surface area (Å²) < 4.78 is 0. The molecule has 106 valence electrons. The second-order valence-corrected chi connectivity index (χ2v) is 6.93. The topological polar surface area (TPSA) is 40.6 Å². The van der Waals surface area contributed by atoms with Crippen LogP contribution in [0.4, 0.5) is 10.5 Å². The van der Waals surface area contributed by atoms with E-state index < -0.39 is 4.87 Å². The molecule has 1 atom stereocenters. The van der Waals surface area contributed by atoms with Gasteiger partial charge in [0.1, 0.15) is 0 Å². The average Bonchev–Trinajstić information content (AvgIpc) is 2.89. The van der Waals surface area contributed by atoms with Crippen molar-refractivity contribution in [3.05, 3.63) is 28.2 Å². The molecule has 7 heteroatoms. The van der Waals surface area contributed by atoms with E-state index in [0.717, 1.165) is 5.75 Å². The van der Waals surface area contributed by atoms with Gasteiger partial charge >= 0.3 is 6.03 Å². The van der Waals surface area contributed by atoms with Crippen molar-refractivity contribution in [3.63, 3.8) is 0 Å². The van der Waals surface area contributed by atoms with Crippen molar-refractivity contribution in [2.24, 2.45) is 0 Å². The number of amides is 3. The van der Waals surface area contributed by atoms with Gasteiger partial charge in [-0.1, -0.05) is 30.1 Å². The van der Waals surface area contributed by atoms with Gasteiger partial charge in [-0.25, -0.2) is 9.69 Å². The largest absolute Gasteiger partial charge is 0.333 e. The van der Waals surface area contributed by atoms with E-state index in [-0.39, 0.29) is 11.9 Å². The van der Waals surface area contributed by atoms with Gasteiger partial charge in [0, 0.05) is 22.3 Å². The Morgan fingerprint density at radius 3 is 2.45 bits per heavy atom. The number of imide groups is 1. The normalized spacial score (nSPS) is 25.6. The predicted octanol–water partition coefficient (Wildman–Crippen LogP) is 3.62. The lowest BCUT2D eigenvalue weighted by molar-refractivity contribution is -0.120. The fraction of sp³-hybridized carbons (Fsp3) is 0.385. The average molecular weight is 331 g/mol. The zero-order valence-corrected chi connectivity index (χ0v) is 13.1. The van der Waals surface area contributed by atoms with E-state index in [1.54, 1.807) is 23.1 Å². The fourth-order valence-electron chi connectivity index (χ4n) is 2.71. The van der Waals surface area contributed by atoms with Gasteiger partial charge in [-0.3, -0.25) is 9.69 Å². The lowest BCUT2D eigenvalue weighted by Crippen LogP contribution is -2.41. The third kappa shape index (κ3) is 1.84. The van der Waals surface area contributed by atoms with Crippen molar-refractivity contribution in [3.8, 4) is 0 Å². The molecular formula is C13H12Cl2N2O2S. The molecule has 1 aromatic rings. The van der Waals surface area contributed by atoms with Crippen LogP contribution < -0.4 is 4.90 Å². The van der Waals surface area contributed by atoms with Gasteiger partial charge < -0.3 is 0 Å². The van der Waals surface area contributed by atoms with Crippen molar-refractivity contribution in [2.45, 2.75) is 18.2 Å². The number of rotatable bonds is 2. The highest BCUT2D eigenvalue weighted by atomic mass is 35.5. The summed E-state index contributed by atoms with van der Waals surface area (Å²) in [4.78, 5) is 27.3. The maximum atomic E-state index is 12.7. The Morgan fingerprint density at radius 2 is 1.90 bits per heavy atom. The van der Waals surface area contributed by atoms with Gasteiger partial charge in [-0.15, -0.1) is 11.8 Å². The minimum Gasteiger partial charge on any atom is -0.300 e. The summed E-state index contributed by atoms with van der Waals surface area (Å²) in [7, 11) is 0. The number of halogens is 2. The highest BCUT2D eigenvalue weighted by Gasteiger charge is 2.59. The zero-order valence-electron chi connectivity index (χ0n) is 10.7. The quantitative estimate of drug-likeness (QED) is 0.777. The van der Waals surface area contributed by atoms with Crippen molar-refractivity contribution in [2.75, 3.05) is 17.2 Å². The summed E-state index contributed by atoms with van der Waals surface area (Å²) in [5.74, 6) is 0.584. The maximum Gasteiger partial charge on any atom is 0.333 e. The first kappa shape index (κ1) is 14.0. The van der Waals surface area contributed by atoms with Crippen molar-refractivity contribution in [1.82, 2.24) is 4.90 Å². The van der Waals surface area contributed by atoms with E-state index in [9.17, 15) is 9.59 Å². The molecule has 1 aromatic carbocycles. The zero-order chi connectivity index (χ0) is 14.5. The maximum absolute atomic E-state index is 12.7. The predicted molar refractivity (Wildman–Crippen MR) is 81.5 cm³/mol. The smallest absolute Gasteiger partial charge is 0.300 e. The minimum absolute atomic E-state index is 0.203. The van der Waals surface area contributed by atoms with E-state index in [1.165, 1.54) is 16.7 Å². The van der Waals surface area contributed by atoms with Gasteiger partial charge in [0.15, 0.2) is 4.87 Å².